The van der Waals surface area contributed by atoms with Crippen LogP contribution in [0.2, 0.25) is 0 Å². The molecule has 4 aromatic rings. The van der Waals surface area contributed by atoms with Gasteiger partial charge in [-0.15, -0.1) is 0 Å². The molecule has 2 aromatic carbocycles. The maximum Gasteiger partial charge on any atom is 0.234 e. The van der Waals surface area contributed by atoms with E-state index in [1.807, 2.05) is 0 Å². The second kappa shape index (κ2) is 7.17. The third kappa shape index (κ3) is 2.88. The molecule has 2 aliphatic rings. The second-order valence-electron chi connectivity index (χ2n) is 7.57. The van der Waals surface area contributed by atoms with Gasteiger partial charge in [-0.3, -0.25) is 4.98 Å². The summed E-state index contributed by atoms with van der Waals surface area (Å²) in [4.78, 5) is 18.4. The van der Waals surface area contributed by atoms with E-state index in [4.69, 9.17) is 20.9 Å². The van der Waals surface area contributed by atoms with Crippen LogP contribution in [-0.4, -0.2) is 35.1 Å². The number of benzene rings is 2. The highest BCUT2D eigenvalue weighted by Crippen LogP contribution is 2.45. The normalized spacial score (nSPS) is 11.4. The molecule has 0 saturated carbocycles. The van der Waals surface area contributed by atoms with Gasteiger partial charge in [0.15, 0.2) is 11.5 Å². The van der Waals surface area contributed by atoms with E-state index in [-0.39, 0.29) is 35.0 Å². The minimum atomic E-state index is -0.195. The number of hydrogen-bond acceptors (Lipinski definition) is 9. The highest BCUT2D eigenvalue weighted by atomic mass is 16.5. The smallest absolute Gasteiger partial charge is 0.234 e. The molecule has 2 aromatic heterocycles. The topological polar surface area (TPSA) is 181 Å². The Kier molecular flexibility index (Phi) is 4.11. The molecular weight excluding hydrogens is 438 g/mol. The first-order valence-electron chi connectivity index (χ1n) is 10.1. The van der Waals surface area contributed by atoms with E-state index in [1.54, 1.807) is 48.8 Å². The number of nitrogens with one attached hydrogen (secondary N) is 2. The molecule has 6 rings (SSSR count). The highest BCUT2D eigenvalue weighted by molar-refractivity contribution is 5.98. The molecule has 4 heterocycles. The van der Waals surface area contributed by atoms with Gasteiger partial charge in [-0.25, -0.2) is 9.97 Å². The maximum absolute atomic E-state index is 10.4. The van der Waals surface area contributed by atoms with Gasteiger partial charge in [0.25, 0.3) is 0 Å². The number of H-pyrrole nitrogens is 2. The van der Waals surface area contributed by atoms with E-state index in [0.717, 1.165) is 0 Å². The summed E-state index contributed by atoms with van der Waals surface area (Å²) in [7, 11) is 0. The highest BCUT2D eigenvalue weighted by Gasteiger charge is 2.23. The number of hydrogen-bond donors (Lipinski definition) is 6. The molecule has 0 amide bonds. The van der Waals surface area contributed by atoms with E-state index >= 15 is 0 Å². The van der Waals surface area contributed by atoms with Crippen molar-refractivity contribution in [2.75, 3.05) is 11.5 Å². The molecule has 0 radical (unpaired) electrons. The van der Waals surface area contributed by atoms with E-state index < -0.39 is 0 Å². The zero-order valence-electron chi connectivity index (χ0n) is 17.4. The molecule has 2 aliphatic heterocycles. The fourth-order valence-corrected chi connectivity index (χ4v) is 3.90. The van der Waals surface area contributed by atoms with Crippen LogP contribution in [0, 0.1) is 0 Å². The maximum atomic E-state index is 10.4. The summed E-state index contributed by atoms with van der Waals surface area (Å²) >= 11 is 0. The molecule has 0 fully saturated rings. The predicted molar refractivity (Wildman–Crippen MR) is 125 cm³/mol. The Bertz CT molecular complexity index is 1550. The Balaban J connectivity index is 1.42. The van der Waals surface area contributed by atoms with Crippen molar-refractivity contribution >= 4 is 33.2 Å². The van der Waals surface area contributed by atoms with Crippen molar-refractivity contribution in [3.63, 3.8) is 0 Å². The summed E-state index contributed by atoms with van der Waals surface area (Å²) in [5.74, 6) is 0.215. The van der Waals surface area contributed by atoms with Crippen molar-refractivity contribution < 1.29 is 19.7 Å². The van der Waals surface area contributed by atoms with Crippen molar-refractivity contribution in [1.82, 2.24) is 24.9 Å². The molecular formula is C23H17N7O4. The lowest BCUT2D eigenvalue weighted by atomic mass is 10.2. The summed E-state index contributed by atoms with van der Waals surface area (Å²) < 4.78 is 12.0. The molecule has 8 N–H and O–H groups in total. The Hall–Kier alpha value is -5.19. The van der Waals surface area contributed by atoms with Crippen LogP contribution in [-0.2, 0) is 0 Å². The molecule has 0 aliphatic carbocycles. The molecule has 0 atom stereocenters. The fraction of sp³-hybridized carbons (Fsp3) is 0. The van der Waals surface area contributed by atoms with E-state index in [1.165, 1.54) is 6.33 Å². The van der Waals surface area contributed by atoms with Gasteiger partial charge in [0.05, 0.1) is 33.5 Å². The summed E-state index contributed by atoms with van der Waals surface area (Å²) in [5, 5.41) is 22.0. The average molecular weight is 455 g/mol. The molecule has 0 spiro atoms. The van der Waals surface area contributed by atoms with Gasteiger partial charge in [-0.1, -0.05) is 12.1 Å². The molecule has 11 nitrogen and oxygen atoms in total. The lowest BCUT2D eigenvalue weighted by Crippen LogP contribution is -1.89. The molecule has 168 valence electrons. The standard InChI is InChI=1S/C23H17N7O4/c24-14-5-1-3-10-16(14)29-20(31)18(10)33-22-12-7-26-8-13(12)23(28-9-27-22)34-19-11-4-2-6-15(25)17(11)30-21(19)32/h1-9,29-32H,24-25H2. The fourth-order valence-electron chi connectivity index (χ4n) is 3.90. The Morgan fingerprint density at radius 1 is 0.706 bits per heavy atom. The number of rotatable bonds is 4. The third-order valence-electron chi connectivity index (χ3n) is 5.51. The summed E-state index contributed by atoms with van der Waals surface area (Å²) in [5.41, 5.74) is 14.9. The number of nitrogens with two attached hydrogens (primary N) is 2. The van der Waals surface area contributed by atoms with Gasteiger partial charge < -0.3 is 41.1 Å². The molecule has 34 heavy (non-hydrogen) atoms. The van der Waals surface area contributed by atoms with Crippen LogP contribution in [0.4, 0.5) is 11.4 Å². The van der Waals surface area contributed by atoms with Crippen molar-refractivity contribution in [3.05, 3.63) is 55.1 Å². The van der Waals surface area contributed by atoms with Crippen molar-refractivity contribution in [2.45, 2.75) is 0 Å². The van der Waals surface area contributed by atoms with Crippen LogP contribution in [0.15, 0.2) is 55.1 Å². The number of aromatic nitrogens is 5. The quantitative estimate of drug-likeness (QED) is 0.213. The number of aromatic hydroxyl groups is 2. The molecule has 11 heteroatoms. The number of fused-ring (bicyclic) bond motifs is 3. The number of anilines is 2. The zero-order chi connectivity index (χ0) is 23.4. The zero-order valence-corrected chi connectivity index (χ0v) is 17.4. The van der Waals surface area contributed by atoms with E-state index in [9.17, 15) is 10.2 Å². The summed E-state index contributed by atoms with van der Waals surface area (Å²) in [6.07, 6.45) is 4.34. The Morgan fingerprint density at radius 2 is 1.18 bits per heavy atom. The first-order chi connectivity index (χ1) is 16.5. The number of para-hydroxylation sites is 2. The largest absolute Gasteiger partial charge is 0.492 e. The van der Waals surface area contributed by atoms with Crippen molar-refractivity contribution in [2.24, 2.45) is 0 Å². The molecule has 0 unspecified atom stereocenters. The van der Waals surface area contributed by atoms with E-state index in [0.29, 0.717) is 44.3 Å². The monoisotopic (exact) mass is 455 g/mol. The number of ether oxygens (including phenoxy) is 2. The predicted octanol–water partition coefficient (Wildman–Crippen LogP) is 4.10. The average Bonchev–Trinajstić information content (AvgIpc) is 3.48. The Morgan fingerprint density at radius 3 is 1.65 bits per heavy atom. The van der Waals surface area contributed by atoms with E-state index in [2.05, 4.69) is 24.9 Å². The Labute approximate surface area is 191 Å². The lowest BCUT2D eigenvalue weighted by Gasteiger charge is -2.07. The van der Waals surface area contributed by atoms with Crippen LogP contribution < -0.4 is 20.9 Å². The van der Waals surface area contributed by atoms with Gasteiger partial charge in [0, 0.05) is 23.2 Å². The summed E-state index contributed by atoms with van der Waals surface area (Å²) in [6, 6.07) is 10.5. The van der Waals surface area contributed by atoms with Crippen LogP contribution in [0.5, 0.6) is 35.0 Å². The minimum absolute atomic E-state index is 0.140. The SMILES string of the molecule is Nc1cccc2c(Oc3ncnc(Oc4c(O)[nH]c5c(N)cccc45)c4cncc3-4)c(O)[nH]c12. The van der Waals surface area contributed by atoms with Gasteiger partial charge in [-0.2, -0.15) is 0 Å². The first-order valence-corrected chi connectivity index (χ1v) is 10.1. The molecule has 0 bridgehead atoms. The first kappa shape index (κ1) is 19.5. The van der Waals surface area contributed by atoms with Gasteiger partial charge >= 0.3 is 0 Å². The van der Waals surface area contributed by atoms with Crippen LogP contribution in [0.25, 0.3) is 32.9 Å². The lowest BCUT2D eigenvalue weighted by molar-refractivity contribution is 0.399. The van der Waals surface area contributed by atoms with Crippen LogP contribution >= 0.6 is 0 Å². The van der Waals surface area contributed by atoms with Crippen LogP contribution in [0.1, 0.15) is 0 Å². The summed E-state index contributed by atoms with van der Waals surface area (Å²) in [6.45, 7) is 0. The third-order valence-corrected chi connectivity index (χ3v) is 5.51. The van der Waals surface area contributed by atoms with Gasteiger partial charge in [0.1, 0.15) is 6.33 Å². The molecule has 0 saturated heterocycles. The number of nitrogen functional groups attached to an aromatic ring is 2. The minimum Gasteiger partial charge on any atom is -0.492 e. The number of aromatic amines is 2. The second-order valence-corrected chi connectivity index (χ2v) is 7.57. The number of nitrogens with zero attached hydrogens (tertiary/aromatic N) is 3. The van der Waals surface area contributed by atoms with Gasteiger partial charge in [-0.05, 0) is 24.3 Å². The van der Waals surface area contributed by atoms with Crippen molar-refractivity contribution in [3.8, 4) is 46.1 Å². The van der Waals surface area contributed by atoms with Crippen LogP contribution in [0.3, 0.4) is 0 Å². The van der Waals surface area contributed by atoms with Gasteiger partial charge in [0.2, 0.25) is 23.5 Å². The van der Waals surface area contributed by atoms with Crippen molar-refractivity contribution in [1.29, 1.82) is 0 Å².